The SMILES string of the molecule is CC(Sc1ccccc1)C(=O)N1CCN(c2ccccc2)CC1. The van der Waals surface area contributed by atoms with E-state index in [9.17, 15) is 4.79 Å². The number of amides is 1. The standard InChI is InChI=1S/C19H22N2OS/c1-16(23-18-10-6-3-7-11-18)19(22)21-14-12-20(13-15-21)17-8-4-2-5-9-17/h2-11,16H,12-15H2,1H3. The number of carbonyl (C=O) groups excluding carboxylic acids is 1. The van der Waals surface area contributed by atoms with Crippen LogP contribution in [-0.2, 0) is 4.79 Å². The highest BCUT2D eigenvalue weighted by Gasteiger charge is 2.25. The fraction of sp³-hybridized carbons (Fsp3) is 0.316. The minimum absolute atomic E-state index is 0.0410. The molecule has 4 heteroatoms. The molecule has 1 amide bonds. The van der Waals surface area contributed by atoms with Crippen molar-refractivity contribution in [1.82, 2.24) is 4.90 Å². The van der Waals surface area contributed by atoms with Crippen LogP contribution in [0.3, 0.4) is 0 Å². The van der Waals surface area contributed by atoms with Crippen molar-refractivity contribution >= 4 is 23.4 Å². The van der Waals surface area contributed by atoms with E-state index < -0.39 is 0 Å². The molecule has 1 unspecified atom stereocenters. The van der Waals surface area contributed by atoms with Crippen molar-refractivity contribution < 1.29 is 4.79 Å². The van der Waals surface area contributed by atoms with E-state index in [0.717, 1.165) is 31.1 Å². The van der Waals surface area contributed by atoms with Gasteiger partial charge in [-0.15, -0.1) is 11.8 Å². The summed E-state index contributed by atoms with van der Waals surface area (Å²) in [5.41, 5.74) is 1.24. The number of thioether (sulfide) groups is 1. The van der Waals surface area contributed by atoms with Crippen LogP contribution in [0.2, 0.25) is 0 Å². The minimum Gasteiger partial charge on any atom is -0.368 e. The van der Waals surface area contributed by atoms with E-state index in [2.05, 4.69) is 41.3 Å². The van der Waals surface area contributed by atoms with Crippen LogP contribution in [0.15, 0.2) is 65.6 Å². The fourth-order valence-corrected chi connectivity index (χ4v) is 3.81. The van der Waals surface area contributed by atoms with Crippen LogP contribution in [0.5, 0.6) is 0 Å². The first-order valence-electron chi connectivity index (χ1n) is 8.04. The highest BCUT2D eigenvalue weighted by Crippen LogP contribution is 2.25. The van der Waals surface area contributed by atoms with Gasteiger partial charge in [-0.05, 0) is 31.2 Å². The summed E-state index contributed by atoms with van der Waals surface area (Å²) in [4.78, 5) is 18.1. The van der Waals surface area contributed by atoms with Gasteiger partial charge in [0.05, 0.1) is 5.25 Å². The van der Waals surface area contributed by atoms with Crippen LogP contribution in [0.25, 0.3) is 0 Å². The zero-order valence-corrected chi connectivity index (χ0v) is 14.2. The molecule has 0 radical (unpaired) electrons. The lowest BCUT2D eigenvalue weighted by Gasteiger charge is -2.37. The van der Waals surface area contributed by atoms with Crippen LogP contribution < -0.4 is 4.90 Å². The van der Waals surface area contributed by atoms with Crippen molar-refractivity contribution in [1.29, 1.82) is 0 Å². The Balaban J connectivity index is 1.54. The molecule has 2 aromatic rings. The second-order valence-corrected chi connectivity index (χ2v) is 7.14. The second-order valence-electron chi connectivity index (χ2n) is 5.72. The van der Waals surface area contributed by atoms with E-state index in [1.807, 2.05) is 36.1 Å². The zero-order chi connectivity index (χ0) is 16.1. The number of piperazine rings is 1. The van der Waals surface area contributed by atoms with Crippen molar-refractivity contribution in [2.45, 2.75) is 17.1 Å². The van der Waals surface area contributed by atoms with E-state index in [1.54, 1.807) is 11.8 Å². The van der Waals surface area contributed by atoms with Crippen LogP contribution in [0.4, 0.5) is 5.69 Å². The molecule has 2 aromatic carbocycles. The van der Waals surface area contributed by atoms with E-state index in [1.165, 1.54) is 5.69 Å². The van der Waals surface area contributed by atoms with Gasteiger partial charge in [-0.3, -0.25) is 4.79 Å². The molecule has 1 fully saturated rings. The maximum Gasteiger partial charge on any atom is 0.235 e. The average molecular weight is 326 g/mol. The summed E-state index contributed by atoms with van der Waals surface area (Å²) < 4.78 is 0. The topological polar surface area (TPSA) is 23.6 Å². The van der Waals surface area contributed by atoms with Gasteiger partial charge < -0.3 is 9.80 Å². The second kappa shape index (κ2) is 7.55. The highest BCUT2D eigenvalue weighted by molar-refractivity contribution is 8.00. The van der Waals surface area contributed by atoms with Crippen molar-refractivity contribution in [2.75, 3.05) is 31.1 Å². The van der Waals surface area contributed by atoms with Crippen LogP contribution in [-0.4, -0.2) is 42.2 Å². The quantitative estimate of drug-likeness (QED) is 0.803. The first-order chi connectivity index (χ1) is 11.2. The van der Waals surface area contributed by atoms with Crippen LogP contribution in [0.1, 0.15) is 6.92 Å². The molecule has 3 nitrogen and oxygen atoms in total. The Morgan fingerprint density at radius 2 is 1.48 bits per heavy atom. The average Bonchev–Trinajstić information content (AvgIpc) is 2.63. The predicted molar refractivity (Wildman–Crippen MR) is 97.0 cm³/mol. The molecule has 0 spiro atoms. The molecule has 0 aliphatic carbocycles. The van der Waals surface area contributed by atoms with Crippen LogP contribution >= 0.6 is 11.8 Å². The summed E-state index contributed by atoms with van der Waals surface area (Å²) in [5.74, 6) is 0.242. The molecule has 1 atom stereocenters. The van der Waals surface area contributed by atoms with E-state index in [-0.39, 0.29) is 11.2 Å². The third-order valence-corrected chi connectivity index (χ3v) is 5.22. The molecule has 0 aromatic heterocycles. The van der Waals surface area contributed by atoms with Gasteiger partial charge in [0, 0.05) is 36.8 Å². The van der Waals surface area contributed by atoms with Gasteiger partial charge in [-0.2, -0.15) is 0 Å². The number of nitrogens with zero attached hydrogens (tertiary/aromatic N) is 2. The van der Waals surface area contributed by atoms with Crippen LogP contribution in [0, 0.1) is 0 Å². The molecule has 0 bridgehead atoms. The summed E-state index contributed by atoms with van der Waals surface area (Å²) in [6.45, 7) is 5.40. The van der Waals surface area contributed by atoms with Gasteiger partial charge in [0.2, 0.25) is 5.91 Å². The molecule has 1 aliphatic heterocycles. The summed E-state index contributed by atoms with van der Waals surface area (Å²) in [6, 6.07) is 20.6. The van der Waals surface area contributed by atoms with Gasteiger partial charge >= 0.3 is 0 Å². The Kier molecular flexibility index (Phi) is 5.23. The smallest absolute Gasteiger partial charge is 0.235 e. The number of para-hydroxylation sites is 1. The van der Waals surface area contributed by atoms with Crippen molar-refractivity contribution in [3.05, 3.63) is 60.7 Å². The van der Waals surface area contributed by atoms with Gasteiger partial charge in [-0.25, -0.2) is 0 Å². The monoisotopic (exact) mass is 326 g/mol. The number of carbonyl (C=O) groups is 1. The zero-order valence-electron chi connectivity index (χ0n) is 13.4. The molecular weight excluding hydrogens is 304 g/mol. The molecule has 23 heavy (non-hydrogen) atoms. The maximum atomic E-state index is 12.6. The molecule has 1 aliphatic rings. The number of rotatable bonds is 4. The maximum absolute atomic E-state index is 12.6. The lowest BCUT2D eigenvalue weighted by Crippen LogP contribution is -2.50. The number of hydrogen-bond acceptors (Lipinski definition) is 3. The van der Waals surface area contributed by atoms with Crippen molar-refractivity contribution in [3.8, 4) is 0 Å². The van der Waals surface area contributed by atoms with Crippen molar-refractivity contribution in [2.24, 2.45) is 0 Å². The number of benzene rings is 2. The Morgan fingerprint density at radius 1 is 0.913 bits per heavy atom. The Hall–Kier alpha value is -1.94. The van der Waals surface area contributed by atoms with Crippen molar-refractivity contribution in [3.63, 3.8) is 0 Å². The molecule has 1 heterocycles. The first-order valence-corrected chi connectivity index (χ1v) is 8.92. The lowest BCUT2D eigenvalue weighted by molar-refractivity contribution is -0.130. The normalized spacial score (nSPS) is 16.2. The third-order valence-electron chi connectivity index (χ3n) is 4.12. The molecule has 0 saturated carbocycles. The Morgan fingerprint density at radius 3 is 2.09 bits per heavy atom. The summed E-state index contributed by atoms with van der Waals surface area (Å²) >= 11 is 1.64. The van der Waals surface area contributed by atoms with Gasteiger partial charge in [-0.1, -0.05) is 36.4 Å². The molecule has 120 valence electrons. The Labute approximate surface area is 142 Å². The van der Waals surface area contributed by atoms with E-state index in [0.29, 0.717) is 0 Å². The summed E-state index contributed by atoms with van der Waals surface area (Å²) in [6.07, 6.45) is 0. The highest BCUT2D eigenvalue weighted by atomic mass is 32.2. The molecular formula is C19H22N2OS. The van der Waals surface area contributed by atoms with Gasteiger partial charge in [0.15, 0.2) is 0 Å². The lowest BCUT2D eigenvalue weighted by atomic mass is 10.2. The fourth-order valence-electron chi connectivity index (χ4n) is 2.83. The number of anilines is 1. The van der Waals surface area contributed by atoms with Gasteiger partial charge in [0.25, 0.3) is 0 Å². The first kappa shape index (κ1) is 15.9. The Bertz CT molecular complexity index is 624. The minimum atomic E-state index is -0.0410. The molecule has 1 saturated heterocycles. The number of hydrogen-bond donors (Lipinski definition) is 0. The molecule has 3 rings (SSSR count). The van der Waals surface area contributed by atoms with E-state index in [4.69, 9.17) is 0 Å². The largest absolute Gasteiger partial charge is 0.368 e. The summed E-state index contributed by atoms with van der Waals surface area (Å²) in [5, 5.41) is -0.0410. The van der Waals surface area contributed by atoms with Gasteiger partial charge in [0.1, 0.15) is 0 Å². The predicted octanol–water partition coefficient (Wildman–Crippen LogP) is 3.52. The van der Waals surface area contributed by atoms with E-state index >= 15 is 0 Å². The molecule has 0 N–H and O–H groups in total. The summed E-state index contributed by atoms with van der Waals surface area (Å²) in [7, 11) is 0. The third kappa shape index (κ3) is 4.08.